The van der Waals surface area contributed by atoms with Crippen LogP contribution in [0, 0.1) is 21.7 Å². The Morgan fingerprint density at radius 2 is 1.40 bits per heavy atom. The number of hydrogen-bond acceptors (Lipinski definition) is 5. The summed E-state index contributed by atoms with van der Waals surface area (Å²) < 4.78 is 26.9. The lowest BCUT2D eigenvalue weighted by molar-refractivity contribution is -0.384. The van der Waals surface area contributed by atoms with Crippen LogP contribution in [-0.4, -0.2) is 41.0 Å². The average Bonchev–Trinajstić information content (AvgIpc) is 2.77. The summed E-state index contributed by atoms with van der Waals surface area (Å²) in [7, 11) is 0. The summed E-state index contributed by atoms with van der Waals surface area (Å²) in [5.74, 6) is -0.268. The second kappa shape index (κ2) is 8.54. The Labute approximate surface area is 172 Å². The number of nitro groups is 1. The lowest BCUT2D eigenvalue weighted by Gasteiger charge is -2.40. The minimum Gasteiger partial charge on any atom is -0.348 e. The van der Waals surface area contributed by atoms with E-state index < -0.39 is 4.92 Å². The third-order valence-electron chi connectivity index (χ3n) is 5.31. The summed E-state index contributed by atoms with van der Waals surface area (Å²) in [6.45, 7) is 2.34. The molecule has 0 unspecified atom stereocenters. The van der Waals surface area contributed by atoms with E-state index in [1.807, 2.05) is 4.90 Å². The maximum atomic E-state index is 13.5. The van der Waals surface area contributed by atoms with Crippen molar-refractivity contribution in [2.75, 3.05) is 31.1 Å². The molecule has 1 aromatic heterocycles. The fraction of sp³-hybridized carbons (Fsp3) is 0.227. The van der Waals surface area contributed by atoms with E-state index in [1.165, 1.54) is 30.3 Å². The first-order valence-electron chi connectivity index (χ1n) is 9.62. The smallest absolute Gasteiger partial charge is 0.311 e. The van der Waals surface area contributed by atoms with E-state index in [0.717, 1.165) is 11.1 Å². The van der Waals surface area contributed by atoms with E-state index in [-0.39, 0.29) is 23.4 Å². The molecule has 154 valence electrons. The number of rotatable bonds is 5. The molecule has 1 aliphatic heterocycles. The molecule has 1 fully saturated rings. The van der Waals surface area contributed by atoms with Crippen LogP contribution in [0.2, 0.25) is 0 Å². The zero-order chi connectivity index (χ0) is 21.1. The average molecular weight is 410 g/mol. The number of halogens is 2. The molecule has 0 radical (unpaired) electrons. The van der Waals surface area contributed by atoms with E-state index in [1.54, 1.807) is 36.5 Å². The summed E-state index contributed by atoms with van der Waals surface area (Å²) >= 11 is 0. The van der Waals surface area contributed by atoms with Gasteiger partial charge in [0.25, 0.3) is 0 Å². The highest BCUT2D eigenvalue weighted by molar-refractivity contribution is 5.57. The van der Waals surface area contributed by atoms with Crippen molar-refractivity contribution in [2.24, 2.45) is 0 Å². The van der Waals surface area contributed by atoms with Crippen LogP contribution in [-0.2, 0) is 0 Å². The molecule has 0 saturated carbocycles. The van der Waals surface area contributed by atoms with Crippen molar-refractivity contribution in [2.45, 2.75) is 6.04 Å². The van der Waals surface area contributed by atoms with Crippen LogP contribution in [0.3, 0.4) is 0 Å². The molecule has 2 heterocycles. The van der Waals surface area contributed by atoms with E-state index in [9.17, 15) is 18.9 Å². The molecule has 6 nitrogen and oxygen atoms in total. The summed E-state index contributed by atoms with van der Waals surface area (Å²) in [5.41, 5.74) is 1.79. The highest BCUT2D eigenvalue weighted by atomic mass is 19.1. The molecule has 4 rings (SSSR count). The third kappa shape index (κ3) is 4.13. The van der Waals surface area contributed by atoms with Crippen molar-refractivity contribution in [1.82, 2.24) is 9.88 Å². The number of aromatic nitrogens is 1. The van der Waals surface area contributed by atoms with Gasteiger partial charge in [-0.05, 0) is 41.5 Å². The van der Waals surface area contributed by atoms with Gasteiger partial charge in [-0.15, -0.1) is 0 Å². The molecule has 1 saturated heterocycles. The molecule has 0 amide bonds. The summed E-state index contributed by atoms with van der Waals surface area (Å²) in [6.07, 6.45) is 1.55. The largest absolute Gasteiger partial charge is 0.348 e. The number of nitrogens with zero attached hydrogens (tertiary/aromatic N) is 4. The molecular weight excluding hydrogens is 390 g/mol. The molecule has 0 aliphatic carbocycles. The molecule has 30 heavy (non-hydrogen) atoms. The van der Waals surface area contributed by atoms with Crippen molar-refractivity contribution in [3.8, 4) is 0 Å². The maximum Gasteiger partial charge on any atom is 0.311 e. The maximum absolute atomic E-state index is 13.5. The topological polar surface area (TPSA) is 62.5 Å². The van der Waals surface area contributed by atoms with Crippen molar-refractivity contribution >= 4 is 11.5 Å². The van der Waals surface area contributed by atoms with Crippen molar-refractivity contribution < 1.29 is 13.7 Å². The molecule has 2 aromatic carbocycles. The first-order chi connectivity index (χ1) is 14.5. The molecule has 8 heteroatoms. The Morgan fingerprint density at radius 1 is 0.867 bits per heavy atom. The van der Waals surface area contributed by atoms with Crippen LogP contribution in [0.15, 0.2) is 66.9 Å². The third-order valence-corrected chi connectivity index (χ3v) is 5.31. The summed E-state index contributed by atoms with van der Waals surface area (Å²) in [5, 5.41) is 11.3. The predicted octanol–water partition coefficient (Wildman–Crippen LogP) is 4.18. The molecule has 0 bridgehead atoms. The Morgan fingerprint density at radius 3 is 1.90 bits per heavy atom. The van der Waals surface area contributed by atoms with Crippen LogP contribution < -0.4 is 4.90 Å². The van der Waals surface area contributed by atoms with Crippen LogP contribution in [0.4, 0.5) is 20.3 Å². The van der Waals surface area contributed by atoms with Gasteiger partial charge in [0.1, 0.15) is 11.6 Å². The Hall–Kier alpha value is -3.39. The van der Waals surface area contributed by atoms with Crippen LogP contribution >= 0.6 is 0 Å². The Balaban J connectivity index is 1.59. The fourth-order valence-corrected chi connectivity index (χ4v) is 3.87. The SMILES string of the molecule is O=[N+]([O-])c1cccnc1N1CCN(C(c2ccc(F)cc2)c2ccc(F)cc2)CC1. The first-order valence-corrected chi connectivity index (χ1v) is 9.62. The standard InChI is InChI=1S/C22H20F2N4O2/c23-18-7-3-16(4-8-18)21(17-5-9-19(24)10-6-17)26-12-14-27(15-13-26)22-20(28(29)30)2-1-11-25-22/h1-11,21H,12-15H2. The molecule has 3 aromatic rings. The van der Waals surface area contributed by atoms with Gasteiger partial charge in [-0.3, -0.25) is 15.0 Å². The summed E-state index contributed by atoms with van der Waals surface area (Å²) in [6, 6.07) is 15.4. The van der Waals surface area contributed by atoms with Crippen molar-refractivity contribution in [1.29, 1.82) is 0 Å². The van der Waals surface area contributed by atoms with Gasteiger partial charge >= 0.3 is 5.69 Å². The molecule has 0 N–H and O–H groups in total. The van der Waals surface area contributed by atoms with E-state index in [2.05, 4.69) is 9.88 Å². The predicted molar refractivity (Wildman–Crippen MR) is 109 cm³/mol. The number of anilines is 1. The van der Waals surface area contributed by atoms with Crippen LogP contribution in [0.5, 0.6) is 0 Å². The zero-order valence-electron chi connectivity index (χ0n) is 16.1. The molecule has 0 spiro atoms. The van der Waals surface area contributed by atoms with Gasteiger partial charge in [-0.2, -0.15) is 0 Å². The Bertz CT molecular complexity index is 975. The van der Waals surface area contributed by atoms with Crippen LogP contribution in [0.1, 0.15) is 17.2 Å². The highest BCUT2D eigenvalue weighted by Gasteiger charge is 2.29. The number of hydrogen-bond donors (Lipinski definition) is 0. The minimum absolute atomic E-state index is 0.0143. The van der Waals surface area contributed by atoms with Gasteiger partial charge in [0.2, 0.25) is 5.82 Å². The van der Waals surface area contributed by atoms with Gasteiger partial charge < -0.3 is 4.90 Å². The van der Waals surface area contributed by atoms with E-state index in [0.29, 0.717) is 32.0 Å². The highest BCUT2D eigenvalue weighted by Crippen LogP contribution is 2.32. The second-order valence-electron chi connectivity index (χ2n) is 7.13. The number of benzene rings is 2. The minimum atomic E-state index is -0.422. The van der Waals surface area contributed by atoms with Crippen molar-refractivity contribution in [3.63, 3.8) is 0 Å². The number of piperazine rings is 1. The zero-order valence-corrected chi connectivity index (χ0v) is 16.1. The molecular formula is C22H20F2N4O2. The van der Waals surface area contributed by atoms with Gasteiger partial charge in [-0.25, -0.2) is 13.8 Å². The van der Waals surface area contributed by atoms with E-state index in [4.69, 9.17) is 0 Å². The normalized spacial score (nSPS) is 14.8. The fourth-order valence-electron chi connectivity index (χ4n) is 3.87. The quantitative estimate of drug-likeness (QED) is 0.467. The van der Waals surface area contributed by atoms with E-state index >= 15 is 0 Å². The Kier molecular flexibility index (Phi) is 5.67. The van der Waals surface area contributed by atoms with Gasteiger partial charge in [0.15, 0.2) is 0 Å². The lowest BCUT2D eigenvalue weighted by atomic mass is 9.96. The van der Waals surface area contributed by atoms with Crippen LogP contribution in [0.25, 0.3) is 0 Å². The lowest BCUT2D eigenvalue weighted by Crippen LogP contribution is -2.48. The van der Waals surface area contributed by atoms with Gasteiger partial charge in [0, 0.05) is 38.4 Å². The summed E-state index contributed by atoms with van der Waals surface area (Å²) in [4.78, 5) is 19.2. The number of pyridine rings is 1. The molecule has 0 atom stereocenters. The molecule has 1 aliphatic rings. The van der Waals surface area contributed by atoms with Crippen molar-refractivity contribution in [3.05, 3.63) is 99.7 Å². The first kappa shape index (κ1) is 19.9. The monoisotopic (exact) mass is 410 g/mol. The second-order valence-corrected chi connectivity index (χ2v) is 7.13. The van der Waals surface area contributed by atoms with Gasteiger partial charge in [-0.1, -0.05) is 24.3 Å². The van der Waals surface area contributed by atoms with Gasteiger partial charge in [0.05, 0.1) is 11.0 Å².